The zero-order chi connectivity index (χ0) is 12.5. The van der Waals surface area contributed by atoms with E-state index in [1.807, 2.05) is 13.1 Å². The van der Waals surface area contributed by atoms with Crippen LogP contribution in [0.5, 0.6) is 0 Å². The molecule has 1 aromatic rings. The first kappa shape index (κ1) is 14.0. The van der Waals surface area contributed by atoms with Crippen LogP contribution in [0.25, 0.3) is 0 Å². The van der Waals surface area contributed by atoms with Crippen molar-refractivity contribution in [2.24, 2.45) is 0 Å². The van der Waals surface area contributed by atoms with Crippen LogP contribution in [0.2, 0.25) is 0 Å². The molecule has 0 unspecified atom stereocenters. The van der Waals surface area contributed by atoms with Gasteiger partial charge in [0.05, 0.1) is 44.9 Å². The zero-order valence-corrected chi connectivity index (χ0v) is 10.4. The van der Waals surface area contributed by atoms with Gasteiger partial charge in [0.15, 0.2) is 0 Å². The van der Waals surface area contributed by atoms with Crippen LogP contribution in [-0.4, -0.2) is 54.5 Å². The first-order valence-corrected chi connectivity index (χ1v) is 5.72. The van der Waals surface area contributed by atoms with Crippen LogP contribution in [-0.2, 0) is 16.0 Å². The predicted octanol–water partition coefficient (Wildman–Crippen LogP) is 0.339. The maximum Gasteiger partial charge on any atom is 0.0729 e. The molecule has 0 saturated heterocycles. The van der Waals surface area contributed by atoms with E-state index in [1.165, 1.54) is 0 Å². The van der Waals surface area contributed by atoms with E-state index in [-0.39, 0.29) is 12.6 Å². The second-order valence-corrected chi connectivity index (χ2v) is 3.83. The van der Waals surface area contributed by atoms with Crippen molar-refractivity contribution in [3.05, 3.63) is 12.4 Å². The third-order valence-electron chi connectivity index (χ3n) is 2.16. The molecule has 1 rings (SSSR count). The third kappa shape index (κ3) is 5.67. The average Bonchev–Trinajstić information content (AvgIpc) is 2.72. The van der Waals surface area contributed by atoms with Gasteiger partial charge < -0.3 is 19.9 Å². The van der Waals surface area contributed by atoms with Crippen LogP contribution in [0, 0.1) is 0 Å². The fourth-order valence-electron chi connectivity index (χ4n) is 1.46. The highest BCUT2D eigenvalue weighted by atomic mass is 16.5. The number of methoxy groups -OCH3 is 1. The van der Waals surface area contributed by atoms with E-state index in [2.05, 4.69) is 10.4 Å². The molecule has 0 amide bonds. The first-order valence-electron chi connectivity index (χ1n) is 5.72. The average molecular weight is 243 g/mol. The molecule has 0 spiro atoms. The van der Waals surface area contributed by atoms with Crippen molar-refractivity contribution < 1.29 is 14.6 Å². The molecule has 0 aliphatic rings. The molecule has 1 heterocycles. The summed E-state index contributed by atoms with van der Waals surface area (Å²) in [6.45, 7) is 4.36. The summed E-state index contributed by atoms with van der Waals surface area (Å²) in [6.07, 6.45) is 3.70. The van der Waals surface area contributed by atoms with Gasteiger partial charge in [0, 0.05) is 19.3 Å². The van der Waals surface area contributed by atoms with Crippen LogP contribution in [0.4, 0.5) is 5.69 Å². The number of aromatic nitrogens is 2. The number of aliphatic hydroxyl groups excluding tert-OH is 1. The second kappa shape index (κ2) is 8.05. The molecule has 2 N–H and O–H groups in total. The summed E-state index contributed by atoms with van der Waals surface area (Å²) in [5.41, 5.74) is 0.969. The van der Waals surface area contributed by atoms with E-state index in [1.54, 1.807) is 18.0 Å². The molecule has 98 valence electrons. The van der Waals surface area contributed by atoms with E-state index in [4.69, 9.17) is 14.6 Å². The highest BCUT2D eigenvalue weighted by Crippen LogP contribution is 2.06. The van der Waals surface area contributed by atoms with E-state index >= 15 is 0 Å². The van der Waals surface area contributed by atoms with E-state index in [0.717, 1.165) is 5.69 Å². The van der Waals surface area contributed by atoms with Gasteiger partial charge in [0.2, 0.25) is 0 Å². The number of anilines is 1. The van der Waals surface area contributed by atoms with Crippen molar-refractivity contribution in [1.82, 2.24) is 9.78 Å². The van der Waals surface area contributed by atoms with E-state index < -0.39 is 0 Å². The Morgan fingerprint density at radius 1 is 1.53 bits per heavy atom. The van der Waals surface area contributed by atoms with Gasteiger partial charge in [0.25, 0.3) is 0 Å². The summed E-state index contributed by atoms with van der Waals surface area (Å²) in [7, 11) is 1.68. The molecular formula is C11H21N3O3. The minimum absolute atomic E-state index is 0.0560. The minimum atomic E-state index is 0.0560. The molecule has 0 saturated carbocycles. The van der Waals surface area contributed by atoms with Crippen molar-refractivity contribution in [3.63, 3.8) is 0 Å². The Labute approximate surface area is 102 Å². The summed E-state index contributed by atoms with van der Waals surface area (Å²) in [5.74, 6) is 0. The van der Waals surface area contributed by atoms with Crippen molar-refractivity contribution in [1.29, 1.82) is 0 Å². The molecular weight excluding hydrogens is 222 g/mol. The molecule has 17 heavy (non-hydrogen) atoms. The maximum atomic E-state index is 8.55. The van der Waals surface area contributed by atoms with E-state index in [9.17, 15) is 0 Å². The molecule has 0 bridgehead atoms. The number of rotatable bonds is 9. The number of nitrogens with one attached hydrogen (secondary N) is 1. The van der Waals surface area contributed by atoms with Crippen molar-refractivity contribution in [2.45, 2.75) is 19.5 Å². The lowest BCUT2D eigenvalue weighted by atomic mass is 10.3. The topological polar surface area (TPSA) is 68.5 Å². The predicted molar refractivity (Wildman–Crippen MR) is 65.1 cm³/mol. The van der Waals surface area contributed by atoms with Crippen LogP contribution < -0.4 is 5.32 Å². The van der Waals surface area contributed by atoms with Gasteiger partial charge in [-0.3, -0.25) is 4.68 Å². The van der Waals surface area contributed by atoms with Crippen molar-refractivity contribution in [2.75, 3.05) is 38.9 Å². The second-order valence-electron chi connectivity index (χ2n) is 3.83. The zero-order valence-electron chi connectivity index (χ0n) is 10.4. The highest BCUT2D eigenvalue weighted by molar-refractivity contribution is 5.39. The minimum Gasteiger partial charge on any atom is -0.394 e. The molecule has 0 fully saturated rings. The highest BCUT2D eigenvalue weighted by Gasteiger charge is 2.03. The van der Waals surface area contributed by atoms with Crippen molar-refractivity contribution in [3.8, 4) is 0 Å². The van der Waals surface area contributed by atoms with Crippen molar-refractivity contribution >= 4 is 5.69 Å². The maximum absolute atomic E-state index is 8.55. The standard InChI is InChI=1S/C11H21N3O3/c1-10(9-16-2)13-11-7-12-14(8-11)3-5-17-6-4-15/h7-8,10,13,15H,3-6,9H2,1-2H3/t10-/m0/s1. The number of aliphatic hydroxyl groups is 1. The number of nitrogens with zero attached hydrogens (tertiary/aromatic N) is 2. The lowest BCUT2D eigenvalue weighted by Crippen LogP contribution is -2.20. The van der Waals surface area contributed by atoms with Gasteiger partial charge in [-0.25, -0.2) is 0 Å². The normalized spacial score (nSPS) is 12.6. The summed E-state index contributed by atoms with van der Waals surface area (Å²) in [4.78, 5) is 0. The summed E-state index contributed by atoms with van der Waals surface area (Å²) >= 11 is 0. The van der Waals surface area contributed by atoms with Crippen LogP contribution in [0.1, 0.15) is 6.92 Å². The quantitative estimate of drug-likeness (QED) is 0.612. The van der Waals surface area contributed by atoms with Crippen LogP contribution in [0.15, 0.2) is 12.4 Å². The fraction of sp³-hybridized carbons (Fsp3) is 0.727. The molecule has 0 aromatic carbocycles. The molecule has 0 aliphatic heterocycles. The molecule has 1 atom stereocenters. The Balaban J connectivity index is 2.27. The Kier molecular flexibility index (Phi) is 6.61. The van der Waals surface area contributed by atoms with Gasteiger partial charge in [-0.15, -0.1) is 0 Å². The van der Waals surface area contributed by atoms with Gasteiger partial charge in [-0.05, 0) is 6.92 Å². The number of ether oxygens (including phenoxy) is 2. The lowest BCUT2D eigenvalue weighted by Gasteiger charge is -2.11. The Hall–Kier alpha value is -1.11. The van der Waals surface area contributed by atoms with Crippen LogP contribution >= 0.6 is 0 Å². The summed E-state index contributed by atoms with van der Waals surface area (Å²) < 4.78 is 12.0. The molecule has 6 heteroatoms. The molecule has 1 aromatic heterocycles. The Bertz CT molecular complexity index is 304. The molecule has 6 nitrogen and oxygen atoms in total. The smallest absolute Gasteiger partial charge is 0.0729 e. The van der Waals surface area contributed by atoms with Gasteiger partial charge in [0.1, 0.15) is 0 Å². The monoisotopic (exact) mass is 243 g/mol. The van der Waals surface area contributed by atoms with E-state index in [0.29, 0.717) is 26.4 Å². The lowest BCUT2D eigenvalue weighted by molar-refractivity contribution is 0.0854. The Morgan fingerprint density at radius 2 is 2.35 bits per heavy atom. The first-order chi connectivity index (χ1) is 8.26. The summed E-state index contributed by atoms with van der Waals surface area (Å²) in [5, 5.41) is 16.0. The molecule has 0 radical (unpaired) electrons. The molecule has 0 aliphatic carbocycles. The van der Waals surface area contributed by atoms with Gasteiger partial charge in [-0.1, -0.05) is 0 Å². The SMILES string of the molecule is COC[C@H](C)Nc1cnn(CCOCCO)c1. The number of hydrogen-bond acceptors (Lipinski definition) is 5. The fourth-order valence-corrected chi connectivity index (χ4v) is 1.46. The summed E-state index contributed by atoms with van der Waals surface area (Å²) in [6, 6.07) is 0.253. The largest absolute Gasteiger partial charge is 0.394 e. The Morgan fingerprint density at radius 3 is 3.06 bits per heavy atom. The van der Waals surface area contributed by atoms with Gasteiger partial charge in [-0.2, -0.15) is 5.10 Å². The third-order valence-corrected chi connectivity index (χ3v) is 2.16. The van der Waals surface area contributed by atoms with Crippen LogP contribution in [0.3, 0.4) is 0 Å². The number of hydrogen-bond donors (Lipinski definition) is 2. The van der Waals surface area contributed by atoms with Gasteiger partial charge >= 0.3 is 0 Å².